The molecule has 2 N–H and O–H groups in total. The molecule has 32 heavy (non-hydrogen) atoms. The number of nitrogens with zero attached hydrogens (tertiary/aromatic N) is 2. The molecule has 1 spiro atoms. The van der Waals surface area contributed by atoms with Gasteiger partial charge in [-0.3, -0.25) is 19.8 Å². The Kier molecular flexibility index (Phi) is 6.99. The molecular weight excluding hydrogens is 436 g/mol. The third-order valence-electron chi connectivity index (χ3n) is 5.95. The summed E-state index contributed by atoms with van der Waals surface area (Å²) in [6, 6.07) is 5.00. The van der Waals surface area contributed by atoms with Gasteiger partial charge in [0.05, 0.1) is 4.90 Å². The van der Waals surface area contributed by atoms with Gasteiger partial charge in [-0.1, -0.05) is 31.4 Å². The number of carbonyl (C=O) groups excluding carboxylic acids is 4. The van der Waals surface area contributed by atoms with E-state index in [1.807, 2.05) is 0 Å². The quantitative estimate of drug-likeness (QED) is 0.443. The Bertz CT molecular complexity index is 1020. The number of urea groups is 1. The second kappa shape index (κ2) is 9.37. The third-order valence-corrected chi connectivity index (χ3v) is 7.82. The molecule has 1 aliphatic carbocycles. The molecule has 1 aromatic rings. The van der Waals surface area contributed by atoms with Crippen LogP contribution in [0.15, 0.2) is 29.2 Å². The Morgan fingerprint density at radius 2 is 1.75 bits per heavy atom. The summed E-state index contributed by atoms with van der Waals surface area (Å²) in [6.45, 7) is 1.46. The van der Waals surface area contributed by atoms with E-state index >= 15 is 0 Å². The number of carbonyl (C=O) groups is 4. The van der Waals surface area contributed by atoms with Crippen molar-refractivity contribution in [2.75, 3.05) is 13.6 Å². The first kappa shape index (κ1) is 23.9. The van der Waals surface area contributed by atoms with Crippen LogP contribution in [0.3, 0.4) is 0 Å². The molecule has 0 radical (unpaired) electrons. The number of hydrazine groups is 1. The van der Waals surface area contributed by atoms with Gasteiger partial charge in [-0.2, -0.15) is 5.01 Å². The lowest BCUT2D eigenvalue weighted by atomic mass is 9.82. The predicted octanol–water partition coefficient (Wildman–Crippen LogP) is 1.58. The zero-order chi connectivity index (χ0) is 23.5. The highest BCUT2D eigenvalue weighted by Crippen LogP contribution is 2.33. The fourth-order valence-corrected chi connectivity index (χ4v) is 5.23. The summed E-state index contributed by atoms with van der Waals surface area (Å²) in [6.07, 6.45) is 3.93. The maximum Gasteiger partial charge on any atom is 0.344 e. The first-order valence-electron chi connectivity index (χ1n) is 10.6. The lowest BCUT2D eigenvalue weighted by molar-refractivity contribution is -0.139. The summed E-state index contributed by atoms with van der Waals surface area (Å²) in [5.41, 5.74) is 1.84. The second-order valence-corrected chi connectivity index (χ2v) is 10.3. The number of amides is 4. The molecule has 0 unspecified atom stereocenters. The molecule has 4 amide bonds. The molecule has 11 heteroatoms. The number of Topliss-reactive ketones (excluding diaryl/α,β-unsaturated/α-hetero) is 1. The van der Waals surface area contributed by atoms with E-state index in [9.17, 15) is 27.6 Å². The van der Waals surface area contributed by atoms with Crippen LogP contribution in [0.5, 0.6) is 0 Å². The van der Waals surface area contributed by atoms with Crippen LogP contribution in [0, 0.1) is 0 Å². The molecule has 1 aliphatic heterocycles. The van der Waals surface area contributed by atoms with E-state index in [0.29, 0.717) is 18.4 Å². The molecule has 1 saturated heterocycles. The highest BCUT2D eigenvalue weighted by molar-refractivity contribution is 7.89. The first-order chi connectivity index (χ1) is 15.1. The highest BCUT2D eigenvalue weighted by atomic mass is 32.2. The minimum Gasteiger partial charge on any atom is -0.322 e. The minimum atomic E-state index is -3.78. The van der Waals surface area contributed by atoms with Crippen molar-refractivity contribution in [3.63, 3.8) is 0 Å². The Morgan fingerprint density at radius 1 is 1.12 bits per heavy atom. The summed E-state index contributed by atoms with van der Waals surface area (Å²) in [4.78, 5) is 48.6. The van der Waals surface area contributed by atoms with Crippen LogP contribution in [-0.4, -0.2) is 60.5 Å². The molecule has 0 atom stereocenters. The maximum atomic E-state index is 12.7. The second-order valence-electron chi connectivity index (χ2n) is 8.26. The van der Waals surface area contributed by atoms with E-state index in [4.69, 9.17) is 0 Å². The normalized spacial score (nSPS) is 18.2. The Labute approximate surface area is 187 Å². The standard InChI is InChI=1S/C21H28N4O6S/c1-15(26)16-8-10-17(11-9-16)32(30,31)24(2)14-6-7-18(27)23-25-19(28)21(22-20(25)29)12-4-3-5-13-21/h8-11H,3-7,12-14H2,1-2H3,(H,22,29)(H,23,27). The van der Waals surface area contributed by atoms with Crippen LogP contribution in [0.1, 0.15) is 62.2 Å². The summed E-state index contributed by atoms with van der Waals surface area (Å²) in [5.74, 6) is -1.14. The number of nitrogens with one attached hydrogen (secondary N) is 2. The number of rotatable bonds is 8. The molecule has 0 bridgehead atoms. The van der Waals surface area contributed by atoms with Crippen molar-refractivity contribution in [3.05, 3.63) is 29.8 Å². The molecule has 10 nitrogen and oxygen atoms in total. The van der Waals surface area contributed by atoms with Crippen molar-refractivity contribution in [2.45, 2.75) is 62.3 Å². The number of sulfonamides is 1. The van der Waals surface area contributed by atoms with Crippen molar-refractivity contribution < 1.29 is 27.6 Å². The van der Waals surface area contributed by atoms with Gasteiger partial charge in [-0.05, 0) is 38.3 Å². The van der Waals surface area contributed by atoms with E-state index in [2.05, 4.69) is 10.7 Å². The van der Waals surface area contributed by atoms with Crippen molar-refractivity contribution in [3.8, 4) is 0 Å². The fraction of sp³-hybridized carbons (Fsp3) is 0.524. The van der Waals surface area contributed by atoms with Crippen LogP contribution in [0.2, 0.25) is 0 Å². The number of ketones is 1. The van der Waals surface area contributed by atoms with Crippen LogP contribution in [0.4, 0.5) is 4.79 Å². The van der Waals surface area contributed by atoms with Gasteiger partial charge >= 0.3 is 6.03 Å². The summed E-state index contributed by atoms with van der Waals surface area (Å²) in [5, 5.41) is 3.45. The number of imide groups is 1. The molecule has 1 saturated carbocycles. The Morgan fingerprint density at radius 3 is 2.34 bits per heavy atom. The molecule has 3 rings (SSSR count). The number of benzene rings is 1. The van der Waals surface area contributed by atoms with Gasteiger partial charge in [0.2, 0.25) is 15.9 Å². The van der Waals surface area contributed by atoms with Gasteiger partial charge in [0, 0.05) is 25.6 Å². The largest absolute Gasteiger partial charge is 0.344 e. The Balaban J connectivity index is 1.51. The maximum absolute atomic E-state index is 12.7. The van der Waals surface area contributed by atoms with Crippen molar-refractivity contribution >= 4 is 33.7 Å². The molecule has 1 aromatic carbocycles. The van der Waals surface area contributed by atoms with E-state index in [0.717, 1.165) is 28.6 Å². The fourth-order valence-electron chi connectivity index (χ4n) is 4.02. The molecular formula is C21H28N4O6S. The molecule has 2 fully saturated rings. The van der Waals surface area contributed by atoms with E-state index < -0.39 is 33.4 Å². The number of hydrogen-bond acceptors (Lipinski definition) is 6. The smallest absolute Gasteiger partial charge is 0.322 e. The summed E-state index contributed by atoms with van der Waals surface area (Å²) < 4.78 is 26.4. The van der Waals surface area contributed by atoms with Gasteiger partial charge in [-0.15, -0.1) is 0 Å². The van der Waals surface area contributed by atoms with Gasteiger partial charge in [0.25, 0.3) is 5.91 Å². The molecule has 2 aliphatic rings. The lowest BCUT2D eigenvalue weighted by Gasteiger charge is -2.30. The minimum absolute atomic E-state index is 0.0477. The lowest BCUT2D eigenvalue weighted by Crippen LogP contribution is -2.51. The molecule has 0 aromatic heterocycles. The van der Waals surface area contributed by atoms with Crippen molar-refractivity contribution in [1.82, 2.24) is 20.1 Å². The monoisotopic (exact) mass is 464 g/mol. The van der Waals surface area contributed by atoms with Gasteiger partial charge in [0.15, 0.2) is 5.78 Å². The van der Waals surface area contributed by atoms with Crippen LogP contribution < -0.4 is 10.7 Å². The SMILES string of the molecule is CC(=O)c1ccc(S(=O)(=O)N(C)CCCC(=O)NN2C(=O)NC3(CCCCC3)C2=O)cc1. The molecule has 174 valence electrons. The van der Waals surface area contributed by atoms with Crippen LogP contribution >= 0.6 is 0 Å². The highest BCUT2D eigenvalue weighted by Gasteiger charge is 2.52. The zero-order valence-electron chi connectivity index (χ0n) is 18.2. The Hall–Kier alpha value is -2.79. The molecule has 1 heterocycles. The zero-order valence-corrected chi connectivity index (χ0v) is 19.0. The summed E-state index contributed by atoms with van der Waals surface area (Å²) in [7, 11) is -2.38. The number of hydrogen-bond donors (Lipinski definition) is 2. The predicted molar refractivity (Wildman–Crippen MR) is 115 cm³/mol. The topological polar surface area (TPSA) is 133 Å². The average Bonchev–Trinajstić information content (AvgIpc) is 2.98. The van der Waals surface area contributed by atoms with Gasteiger partial charge in [-0.25, -0.2) is 17.5 Å². The average molecular weight is 465 g/mol. The van der Waals surface area contributed by atoms with Crippen molar-refractivity contribution in [1.29, 1.82) is 0 Å². The summed E-state index contributed by atoms with van der Waals surface area (Å²) >= 11 is 0. The van der Waals surface area contributed by atoms with Gasteiger partial charge in [0.1, 0.15) is 5.54 Å². The van der Waals surface area contributed by atoms with E-state index in [1.165, 1.54) is 38.2 Å². The third kappa shape index (κ3) is 4.83. The van der Waals surface area contributed by atoms with Crippen molar-refractivity contribution in [2.24, 2.45) is 0 Å². The van der Waals surface area contributed by atoms with E-state index in [-0.39, 0.29) is 30.1 Å². The van der Waals surface area contributed by atoms with E-state index in [1.54, 1.807) is 0 Å². The first-order valence-corrected chi connectivity index (χ1v) is 12.0. The van der Waals surface area contributed by atoms with Crippen LogP contribution in [-0.2, 0) is 19.6 Å². The van der Waals surface area contributed by atoms with Crippen LogP contribution in [0.25, 0.3) is 0 Å². The van der Waals surface area contributed by atoms with Gasteiger partial charge < -0.3 is 5.32 Å².